The van der Waals surface area contributed by atoms with Gasteiger partial charge in [-0.2, -0.15) is 0 Å². The third-order valence-electron chi connectivity index (χ3n) is 2.74. The molecule has 1 atom stereocenters. The van der Waals surface area contributed by atoms with E-state index in [2.05, 4.69) is 0 Å². The number of carbonyl (C=O) groups excluding carboxylic acids is 1. The number of hydrogen-bond donors (Lipinski definition) is 1. The van der Waals surface area contributed by atoms with Gasteiger partial charge in [0.15, 0.2) is 0 Å². The average Bonchev–Trinajstić information content (AvgIpc) is 2.16. The van der Waals surface area contributed by atoms with Gasteiger partial charge in [0.05, 0.1) is 5.97 Å². The Labute approximate surface area is 118 Å². The molecule has 0 saturated heterocycles. The van der Waals surface area contributed by atoms with Gasteiger partial charge in [0.2, 0.25) is 0 Å². The van der Waals surface area contributed by atoms with Crippen molar-refractivity contribution in [1.82, 2.24) is 0 Å². The molecule has 1 unspecified atom stereocenters. The van der Waals surface area contributed by atoms with Gasteiger partial charge in [-0.1, -0.05) is 13.8 Å². The molecule has 0 spiro atoms. The third kappa shape index (κ3) is 3.24. The molecule has 1 aromatic carbocycles. The molecule has 0 fully saturated rings. The molecule has 0 radical (unpaired) electrons. The summed E-state index contributed by atoms with van der Waals surface area (Å²) in [5, 5.41) is 20.5. The van der Waals surface area contributed by atoms with Gasteiger partial charge in [-0.25, -0.2) is 0 Å². The number of carboxylic acids is 1. The van der Waals surface area contributed by atoms with Crippen molar-refractivity contribution in [2.24, 2.45) is 0 Å². The molecule has 82 valence electrons. The molecule has 0 aliphatic carbocycles. The van der Waals surface area contributed by atoms with Crippen molar-refractivity contribution < 1.29 is 44.6 Å². The predicted octanol–water partition coefficient (Wildman–Crippen LogP) is -1.42. The Morgan fingerprint density at radius 3 is 2.50 bits per heavy atom. The van der Waals surface area contributed by atoms with Gasteiger partial charge in [0, 0.05) is 5.56 Å². The third-order valence-corrected chi connectivity index (χ3v) is 2.74. The summed E-state index contributed by atoms with van der Waals surface area (Å²) in [5.41, 5.74) is 1.35. The number of phenols is 1. The molecule has 0 aromatic heterocycles. The van der Waals surface area contributed by atoms with E-state index in [0.29, 0.717) is 11.1 Å². The first-order valence-electron chi connectivity index (χ1n) is 5.02. The van der Waals surface area contributed by atoms with E-state index < -0.39 is 5.97 Å². The molecule has 4 heteroatoms. The van der Waals surface area contributed by atoms with Crippen LogP contribution in [0.15, 0.2) is 12.1 Å². The van der Waals surface area contributed by atoms with Crippen molar-refractivity contribution in [2.75, 3.05) is 0 Å². The summed E-state index contributed by atoms with van der Waals surface area (Å²) in [6.45, 7) is 5.58. The molecule has 0 aliphatic rings. The molecule has 0 aliphatic heterocycles. The molecule has 1 rings (SSSR count). The fraction of sp³-hybridized carbons (Fsp3) is 0.417. The van der Waals surface area contributed by atoms with E-state index in [1.165, 1.54) is 12.1 Å². The first-order valence-corrected chi connectivity index (χ1v) is 5.02. The topological polar surface area (TPSA) is 60.4 Å². The number of benzene rings is 1. The van der Waals surface area contributed by atoms with Crippen LogP contribution in [0.1, 0.15) is 47.7 Å². The van der Waals surface area contributed by atoms with Crippen molar-refractivity contribution in [3.8, 4) is 5.75 Å². The second kappa shape index (κ2) is 6.28. The molecular formula is C12H15NaO3. The molecule has 16 heavy (non-hydrogen) atoms. The fourth-order valence-corrected chi connectivity index (χ4v) is 1.54. The second-order valence-corrected chi connectivity index (χ2v) is 3.82. The second-order valence-electron chi connectivity index (χ2n) is 3.82. The molecule has 1 aromatic rings. The minimum atomic E-state index is -1.20. The Morgan fingerprint density at radius 2 is 2.06 bits per heavy atom. The quantitative estimate of drug-likeness (QED) is 0.648. The summed E-state index contributed by atoms with van der Waals surface area (Å²) in [6, 6.07) is 2.99. The Balaban J connectivity index is 0.00000225. The number of phenolic OH excluding ortho intramolecular Hbond substituents is 1. The molecule has 0 heterocycles. The average molecular weight is 230 g/mol. The van der Waals surface area contributed by atoms with Crippen LogP contribution in [0, 0.1) is 6.92 Å². The van der Waals surface area contributed by atoms with E-state index in [9.17, 15) is 15.0 Å². The van der Waals surface area contributed by atoms with Crippen LogP contribution in [0.5, 0.6) is 5.75 Å². The number of carbonyl (C=O) groups is 1. The molecular weight excluding hydrogens is 215 g/mol. The number of aromatic carboxylic acids is 1. The van der Waals surface area contributed by atoms with Gasteiger partial charge in [0.1, 0.15) is 5.75 Å². The van der Waals surface area contributed by atoms with Gasteiger partial charge in [-0.3, -0.25) is 0 Å². The summed E-state index contributed by atoms with van der Waals surface area (Å²) in [6.07, 6.45) is 0.850. The van der Waals surface area contributed by atoms with Crippen molar-refractivity contribution >= 4 is 5.97 Å². The molecule has 1 N–H and O–H groups in total. The smallest absolute Gasteiger partial charge is 0.545 e. The van der Waals surface area contributed by atoms with Crippen LogP contribution in [0.3, 0.4) is 0 Å². The zero-order valence-electron chi connectivity index (χ0n) is 10.2. The number of hydrogen-bond acceptors (Lipinski definition) is 3. The largest absolute Gasteiger partial charge is 1.00 e. The Kier molecular flexibility index (Phi) is 6.08. The first-order chi connectivity index (χ1) is 6.97. The zero-order valence-corrected chi connectivity index (χ0v) is 12.2. The number of rotatable bonds is 3. The van der Waals surface area contributed by atoms with Crippen LogP contribution in [0.2, 0.25) is 0 Å². The number of carboxylic acid groups (broad SMARTS) is 1. The zero-order chi connectivity index (χ0) is 11.6. The van der Waals surface area contributed by atoms with Crippen LogP contribution in [-0.4, -0.2) is 11.1 Å². The monoisotopic (exact) mass is 230 g/mol. The maximum absolute atomic E-state index is 10.8. The van der Waals surface area contributed by atoms with Gasteiger partial charge in [-0.15, -0.1) is 0 Å². The van der Waals surface area contributed by atoms with E-state index in [0.717, 1.165) is 6.42 Å². The van der Waals surface area contributed by atoms with E-state index in [1.54, 1.807) is 6.92 Å². The van der Waals surface area contributed by atoms with Gasteiger partial charge >= 0.3 is 29.6 Å². The van der Waals surface area contributed by atoms with Crippen LogP contribution in [0.25, 0.3) is 0 Å². The van der Waals surface area contributed by atoms with Crippen molar-refractivity contribution in [3.63, 3.8) is 0 Å². The summed E-state index contributed by atoms with van der Waals surface area (Å²) >= 11 is 0. The Bertz CT molecular complexity index is 388. The summed E-state index contributed by atoms with van der Waals surface area (Å²) in [5.74, 6) is -0.896. The normalized spacial score (nSPS) is 11.7. The molecule has 3 nitrogen and oxygen atoms in total. The standard InChI is InChI=1S/C12H16O3.Na/c1-4-7(2)9-6-10(12(14)15)8(3)5-11(9)13;/h5-7,13H,4H2,1-3H3,(H,14,15);/q;+1/p-1. The number of aromatic hydroxyl groups is 1. The summed E-state index contributed by atoms with van der Waals surface area (Å²) in [7, 11) is 0. The number of aryl methyl sites for hydroxylation is 1. The van der Waals surface area contributed by atoms with E-state index >= 15 is 0 Å². The maximum Gasteiger partial charge on any atom is 1.00 e. The van der Waals surface area contributed by atoms with E-state index in [4.69, 9.17) is 0 Å². The molecule has 0 saturated carbocycles. The van der Waals surface area contributed by atoms with E-state index in [-0.39, 0.29) is 46.8 Å². The van der Waals surface area contributed by atoms with Crippen LogP contribution >= 0.6 is 0 Å². The fourth-order valence-electron chi connectivity index (χ4n) is 1.54. The molecule has 0 amide bonds. The van der Waals surface area contributed by atoms with Crippen molar-refractivity contribution in [2.45, 2.75) is 33.1 Å². The first kappa shape index (κ1) is 15.5. The predicted molar refractivity (Wildman–Crippen MR) is 55.9 cm³/mol. The minimum absolute atomic E-state index is 0. The SMILES string of the molecule is CCC(C)c1cc(C(=O)[O-])c(C)cc1O.[Na+]. The van der Waals surface area contributed by atoms with Crippen molar-refractivity contribution in [1.29, 1.82) is 0 Å². The summed E-state index contributed by atoms with van der Waals surface area (Å²) < 4.78 is 0. The van der Waals surface area contributed by atoms with Crippen molar-refractivity contribution in [3.05, 3.63) is 28.8 Å². The minimum Gasteiger partial charge on any atom is -0.545 e. The van der Waals surface area contributed by atoms with Gasteiger partial charge in [-0.05, 0) is 42.5 Å². The summed E-state index contributed by atoms with van der Waals surface area (Å²) in [4.78, 5) is 10.8. The van der Waals surface area contributed by atoms with Gasteiger partial charge in [0.25, 0.3) is 0 Å². The van der Waals surface area contributed by atoms with E-state index in [1.807, 2.05) is 13.8 Å². The van der Waals surface area contributed by atoms with Crippen LogP contribution < -0.4 is 34.7 Å². The van der Waals surface area contributed by atoms with Crippen LogP contribution in [-0.2, 0) is 0 Å². The van der Waals surface area contributed by atoms with Crippen LogP contribution in [0.4, 0.5) is 0 Å². The maximum atomic E-state index is 10.8. The van der Waals surface area contributed by atoms with Gasteiger partial charge < -0.3 is 15.0 Å². The molecule has 0 bridgehead atoms. The Morgan fingerprint density at radius 1 is 1.50 bits per heavy atom. The Hall–Kier alpha value is -0.510.